The minimum atomic E-state index is -0.893. The van der Waals surface area contributed by atoms with Crippen LogP contribution in [0.4, 0.5) is 0 Å². The Morgan fingerprint density at radius 3 is 1.44 bits per heavy atom. The van der Waals surface area contributed by atoms with Crippen molar-refractivity contribution in [2.45, 2.75) is 64.7 Å². The Morgan fingerprint density at radius 1 is 0.611 bits per heavy atom. The minimum absolute atomic E-state index is 0.243. The first-order valence-corrected chi connectivity index (χ1v) is 18.4. The Kier molecular flexibility index (Phi) is 11.0. The number of hydrogen-bond donors (Lipinski definition) is 4. The fraction of sp³-hybridized carbons (Fsp3) is 0.217. The van der Waals surface area contributed by atoms with Crippen LogP contribution < -0.4 is 10.6 Å². The molecule has 0 fully saturated rings. The van der Waals surface area contributed by atoms with Crippen molar-refractivity contribution in [2.75, 3.05) is 0 Å². The second kappa shape index (κ2) is 16.4. The number of aromatic nitrogens is 2. The summed E-state index contributed by atoms with van der Waals surface area (Å²) in [5.41, 5.74) is 15.1. The Balaban J connectivity index is 0.000000167. The molecule has 0 unspecified atom stereocenters. The van der Waals surface area contributed by atoms with Crippen molar-refractivity contribution in [2.24, 2.45) is 0 Å². The molecule has 8 rings (SSSR count). The number of carboxylic acids is 2. The van der Waals surface area contributed by atoms with Gasteiger partial charge in [-0.1, -0.05) is 72.8 Å². The summed E-state index contributed by atoms with van der Waals surface area (Å²) < 4.78 is 0. The third-order valence-electron chi connectivity index (χ3n) is 10.7. The number of aryl methyl sites for hydroxylation is 4. The van der Waals surface area contributed by atoms with Crippen LogP contribution in [0.15, 0.2) is 122 Å². The molecule has 0 bridgehead atoms. The standard InChI is InChI=1S/2C23H22N2O2/c2*1-15-4-2-3-5-19(15)16-6-8-20-18(12-16)14-25-22(20)9-7-17-13-24-11-10-21(17)23(26)27/h2*2-6,8,10-13,22,25H,7,9,14H2,1H3,(H,26,27)/t2*22-/m10/s1. The molecule has 4 N–H and O–H groups in total. The van der Waals surface area contributed by atoms with E-state index >= 15 is 0 Å². The molecule has 272 valence electrons. The van der Waals surface area contributed by atoms with Crippen molar-refractivity contribution in [3.63, 3.8) is 0 Å². The third kappa shape index (κ3) is 8.00. The van der Waals surface area contributed by atoms with E-state index in [0.717, 1.165) is 37.1 Å². The number of rotatable bonds is 10. The molecule has 0 saturated heterocycles. The topological polar surface area (TPSA) is 124 Å². The van der Waals surface area contributed by atoms with Crippen LogP contribution in [-0.4, -0.2) is 32.1 Å². The van der Waals surface area contributed by atoms with Crippen LogP contribution in [0.5, 0.6) is 0 Å². The van der Waals surface area contributed by atoms with Gasteiger partial charge in [0.2, 0.25) is 0 Å². The second-order valence-corrected chi connectivity index (χ2v) is 14.1. The highest BCUT2D eigenvalue weighted by Crippen LogP contribution is 2.35. The van der Waals surface area contributed by atoms with E-state index in [1.807, 2.05) is 0 Å². The normalized spacial score (nSPS) is 15.5. The summed E-state index contributed by atoms with van der Waals surface area (Å²) >= 11 is 0. The molecule has 2 aliphatic rings. The number of aromatic carboxylic acids is 2. The van der Waals surface area contributed by atoms with Gasteiger partial charge in [0.05, 0.1) is 11.1 Å². The molecule has 8 nitrogen and oxygen atoms in total. The number of carboxylic acid groups (broad SMARTS) is 2. The Hall–Kier alpha value is -5.96. The Bertz CT molecular complexity index is 2160. The van der Waals surface area contributed by atoms with Crippen LogP contribution in [0.2, 0.25) is 0 Å². The van der Waals surface area contributed by atoms with Crippen molar-refractivity contribution in [1.29, 1.82) is 0 Å². The highest BCUT2D eigenvalue weighted by Gasteiger charge is 2.24. The fourth-order valence-electron chi connectivity index (χ4n) is 7.80. The lowest BCUT2D eigenvalue weighted by molar-refractivity contribution is 0.0684. The van der Waals surface area contributed by atoms with Gasteiger partial charge in [0.15, 0.2) is 0 Å². The van der Waals surface area contributed by atoms with Crippen LogP contribution in [-0.2, 0) is 25.9 Å². The molecule has 2 aromatic heterocycles. The van der Waals surface area contributed by atoms with Gasteiger partial charge in [-0.2, -0.15) is 0 Å². The molecule has 0 spiro atoms. The van der Waals surface area contributed by atoms with Gasteiger partial charge in [0.1, 0.15) is 0 Å². The lowest BCUT2D eigenvalue weighted by Crippen LogP contribution is -2.13. The molecule has 0 saturated carbocycles. The van der Waals surface area contributed by atoms with E-state index in [4.69, 9.17) is 0 Å². The second-order valence-electron chi connectivity index (χ2n) is 14.1. The van der Waals surface area contributed by atoms with E-state index in [2.05, 4.69) is 119 Å². The van der Waals surface area contributed by atoms with Crippen molar-refractivity contribution < 1.29 is 19.8 Å². The summed E-state index contributed by atoms with van der Waals surface area (Å²) in [6, 6.07) is 33.8. The van der Waals surface area contributed by atoms with E-state index in [0.29, 0.717) is 24.0 Å². The zero-order chi connectivity index (χ0) is 37.6. The van der Waals surface area contributed by atoms with Crippen molar-refractivity contribution >= 4 is 11.9 Å². The summed E-state index contributed by atoms with van der Waals surface area (Å²) in [5, 5.41) is 25.8. The van der Waals surface area contributed by atoms with E-state index in [1.54, 1.807) is 24.5 Å². The number of carbonyl (C=O) groups is 2. The molecular weight excluding hydrogens is 673 g/mol. The average Bonchev–Trinajstić information content (AvgIpc) is 3.80. The molecule has 2 aliphatic heterocycles. The molecule has 0 amide bonds. The minimum Gasteiger partial charge on any atom is -0.478 e. The predicted octanol–water partition coefficient (Wildman–Crippen LogP) is 9.06. The van der Waals surface area contributed by atoms with Crippen LogP contribution in [0.3, 0.4) is 0 Å². The maximum absolute atomic E-state index is 11.4. The first kappa shape index (κ1) is 36.4. The molecule has 6 aromatic rings. The van der Waals surface area contributed by atoms with E-state index < -0.39 is 11.9 Å². The predicted molar refractivity (Wildman–Crippen MR) is 211 cm³/mol. The van der Waals surface area contributed by atoms with Crippen molar-refractivity contribution in [1.82, 2.24) is 20.6 Å². The monoisotopic (exact) mass is 716 g/mol. The first-order valence-electron chi connectivity index (χ1n) is 18.4. The number of nitrogens with one attached hydrogen (secondary N) is 2. The molecule has 54 heavy (non-hydrogen) atoms. The number of benzene rings is 4. The van der Waals surface area contributed by atoms with Gasteiger partial charge in [-0.25, -0.2) is 9.59 Å². The molecule has 0 aliphatic carbocycles. The van der Waals surface area contributed by atoms with E-state index in [9.17, 15) is 19.8 Å². The number of hydrogen-bond acceptors (Lipinski definition) is 6. The number of fused-ring (bicyclic) bond motifs is 2. The highest BCUT2D eigenvalue weighted by molar-refractivity contribution is 5.89. The quantitative estimate of drug-likeness (QED) is 0.111. The summed E-state index contributed by atoms with van der Waals surface area (Å²) in [6.07, 6.45) is 9.47. The molecular formula is C46H44N4O4. The third-order valence-corrected chi connectivity index (χ3v) is 10.7. The van der Waals surface area contributed by atoms with Gasteiger partial charge in [-0.05, 0) is 131 Å². The molecule has 2 atom stereocenters. The maximum Gasteiger partial charge on any atom is 0.336 e. The molecule has 4 aromatic carbocycles. The fourth-order valence-corrected chi connectivity index (χ4v) is 7.80. The van der Waals surface area contributed by atoms with Gasteiger partial charge < -0.3 is 20.8 Å². The molecule has 8 heteroatoms. The zero-order valence-corrected chi connectivity index (χ0v) is 30.5. The maximum atomic E-state index is 11.4. The summed E-state index contributed by atoms with van der Waals surface area (Å²) in [4.78, 5) is 30.9. The largest absolute Gasteiger partial charge is 0.478 e. The molecule has 0 radical (unpaired) electrons. The van der Waals surface area contributed by atoms with Crippen molar-refractivity contribution in [3.8, 4) is 22.3 Å². The summed E-state index contributed by atoms with van der Waals surface area (Å²) in [6.45, 7) is 5.96. The first-order chi connectivity index (χ1) is 26.3. The van der Waals surface area contributed by atoms with Gasteiger partial charge in [0, 0.05) is 50.0 Å². The van der Waals surface area contributed by atoms with Crippen LogP contribution in [0, 0.1) is 13.8 Å². The smallest absolute Gasteiger partial charge is 0.336 e. The van der Waals surface area contributed by atoms with Gasteiger partial charge >= 0.3 is 11.9 Å². The van der Waals surface area contributed by atoms with E-state index in [-0.39, 0.29) is 12.1 Å². The number of pyridine rings is 2. The summed E-state index contributed by atoms with van der Waals surface area (Å²) in [7, 11) is 0. The van der Waals surface area contributed by atoms with Crippen LogP contribution >= 0.6 is 0 Å². The van der Waals surface area contributed by atoms with Gasteiger partial charge in [-0.3, -0.25) is 9.97 Å². The number of nitrogens with zero attached hydrogens (tertiary/aromatic N) is 2. The Morgan fingerprint density at radius 2 is 1.04 bits per heavy atom. The zero-order valence-electron chi connectivity index (χ0n) is 30.5. The van der Waals surface area contributed by atoms with E-state index in [1.165, 1.54) is 68.0 Å². The average molecular weight is 717 g/mol. The summed E-state index contributed by atoms with van der Waals surface area (Å²) in [5.74, 6) is -1.79. The van der Waals surface area contributed by atoms with Gasteiger partial charge in [-0.15, -0.1) is 0 Å². The van der Waals surface area contributed by atoms with Crippen LogP contribution in [0.25, 0.3) is 22.3 Å². The Labute approximate surface area is 316 Å². The molecule has 4 heterocycles. The SMILES string of the molecule is Cc1ccccc1-c1ccc2c(c1)CN[C@@H]2CCc1cnccc1C(=O)O.Cc1ccccc1-c1ccc2c(c1)CN[C@H]2CCc1cnccc1C(=O)O. The highest BCUT2D eigenvalue weighted by atomic mass is 16.4. The van der Waals surface area contributed by atoms with Gasteiger partial charge in [0.25, 0.3) is 0 Å². The van der Waals surface area contributed by atoms with Crippen molar-refractivity contribution in [3.05, 3.63) is 177 Å². The lowest BCUT2D eigenvalue weighted by Gasteiger charge is -2.14. The van der Waals surface area contributed by atoms with Crippen LogP contribution in [0.1, 0.15) is 90.1 Å². The lowest BCUT2D eigenvalue weighted by atomic mass is 9.93.